The third-order valence-corrected chi connectivity index (χ3v) is 3.57. The van der Waals surface area contributed by atoms with Gasteiger partial charge in [-0.2, -0.15) is 13.2 Å². The smallest absolute Gasteiger partial charge is 0.345 e. The van der Waals surface area contributed by atoms with Crippen molar-refractivity contribution >= 4 is 17.5 Å². The largest absolute Gasteiger partial charge is 0.416 e. The minimum Gasteiger partial charge on any atom is -0.345 e. The van der Waals surface area contributed by atoms with E-state index < -0.39 is 29.5 Å². The molecule has 0 bridgehead atoms. The summed E-state index contributed by atoms with van der Waals surface area (Å²) in [5.41, 5.74) is -0.169. The molecule has 1 atom stereocenters. The molecule has 0 fully saturated rings. The van der Waals surface area contributed by atoms with E-state index in [1.54, 1.807) is 6.92 Å². The highest BCUT2D eigenvalue weighted by molar-refractivity contribution is 6.33. The van der Waals surface area contributed by atoms with Crippen molar-refractivity contribution < 1.29 is 22.4 Å². The number of carbonyl (C=O) groups is 1. The summed E-state index contributed by atoms with van der Waals surface area (Å²) < 4.78 is 50.5. The van der Waals surface area contributed by atoms with Crippen LogP contribution in [0.15, 0.2) is 42.5 Å². The molecule has 122 valence electrons. The predicted molar refractivity (Wildman–Crippen MR) is 78.7 cm³/mol. The summed E-state index contributed by atoms with van der Waals surface area (Å²) in [5, 5.41) is 2.56. The summed E-state index contributed by atoms with van der Waals surface area (Å²) in [6.07, 6.45) is -4.41. The van der Waals surface area contributed by atoms with E-state index in [4.69, 9.17) is 11.6 Å². The van der Waals surface area contributed by atoms with E-state index in [9.17, 15) is 22.4 Å². The zero-order chi connectivity index (χ0) is 17.2. The molecule has 0 aliphatic carbocycles. The molecule has 0 aromatic heterocycles. The Morgan fingerprint density at radius 3 is 2.26 bits per heavy atom. The number of benzene rings is 2. The van der Waals surface area contributed by atoms with Gasteiger partial charge in [-0.1, -0.05) is 23.7 Å². The van der Waals surface area contributed by atoms with Crippen LogP contribution in [0.5, 0.6) is 0 Å². The quantitative estimate of drug-likeness (QED) is 0.780. The maximum absolute atomic E-state index is 13.0. The van der Waals surface area contributed by atoms with Gasteiger partial charge in [-0.3, -0.25) is 4.79 Å². The minimum absolute atomic E-state index is 0.0397. The van der Waals surface area contributed by atoms with Gasteiger partial charge in [0.25, 0.3) is 5.91 Å². The number of carbonyl (C=O) groups excluding carboxylic acids is 1. The van der Waals surface area contributed by atoms with Crippen LogP contribution >= 0.6 is 11.6 Å². The molecule has 0 aliphatic rings. The lowest BCUT2D eigenvalue weighted by atomic mass is 10.1. The van der Waals surface area contributed by atoms with Gasteiger partial charge in [-0.25, -0.2) is 4.39 Å². The van der Waals surface area contributed by atoms with Crippen LogP contribution in [-0.2, 0) is 6.18 Å². The molecule has 23 heavy (non-hydrogen) atoms. The molecule has 7 heteroatoms. The number of halogens is 5. The van der Waals surface area contributed by atoms with Crippen LogP contribution in [0.1, 0.15) is 34.5 Å². The molecule has 2 nitrogen and oxygen atoms in total. The molecule has 2 rings (SSSR count). The highest BCUT2D eigenvalue weighted by Gasteiger charge is 2.30. The molecule has 0 saturated heterocycles. The fourth-order valence-electron chi connectivity index (χ4n) is 1.99. The van der Waals surface area contributed by atoms with Crippen molar-refractivity contribution in [2.75, 3.05) is 0 Å². The Bertz CT molecular complexity index is 713. The summed E-state index contributed by atoms with van der Waals surface area (Å²) >= 11 is 5.80. The van der Waals surface area contributed by atoms with E-state index in [2.05, 4.69) is 5.32 Å². The fourth-order valence-corrected chi connectivity index (χ4v) is 2.25. The Balaban J connectivity index is 2.12. The number of alkyl halides is 3. The first kappa shape index (κ1) is 17.3. The second-order valence-corrected chi connectivity index (χ2v) is 5.35. The first-order valence-corrected chi connectivity index (χ1v) is 6.99. The minimum atomic E-state index is -4.41. The van der Waals surface area contributed by atoms with Crippen LogP contribution in [0.25, 0.3) is 0 Å². The normalized spacial score (nSPS) is 12.8. The highest BCUT2D eigenvalue weighted by atomic mass is 35.5. The lowest BCUT2D eigenvalue weighted by Crippen LogP contribution is -2.27. The zero-order valence-corrected chi connectivity index (χ0v) is 12.7. The van der Waals surface area contributed by atoms with Gasteiger partial charge in [0.2, 0.25) is 0 Å². The van der Waals surface area contributed by atoms with Crippen molar-refractivity contribution in [3.8, 4) is 0 Å². The lowest BCUT2D eigenvalue weighted by molar-refractivity contribution is -0.137. The summed E-state index contributed by atoms with van der Waals surface area (Å²) in [6, 6.07) is 7.30. The van der Waals surface area contributed by atoms with Crippen LogP contribution in [0.3, 0.4) is 0 Å². The van der Waals surface area contributed by atoms with Gasteiger partial charge in [-0.05, 0) is 42.8 Å². The van der Waals surface area contributed by atoms with E-state index in [0.29, 0.717) is 5.56 Å². The summed E-state index contributed by atoms with van der Waals surface area (Å²) in [4.78, 5) is 12.1. The molecule has 0 heterocycles. The first-order chi connectivity index (χ1) is 10.7. The van der Waals surface area contributed by atoms with Gasteiger partial charge in [0.05, 0.1) is 22.2 Å². The number of nitrogens with one attached hydrogen (secondary N) is 1. The third kappa shape index (κ3) is 4.22. The Kier molecular flexibility index (Phi) is 4.94. The molecule has 2 aromatic rings. The molecule has 0 aliphatic heterocycles. The molecule has 0 saturated carbocycles. The van der Waals surface area contributed by atoms with Crippen LogP contribution in [-0.4, -0.2) is 5.91 Å². The van der Waals surface area contributed by atoms with E-state index in [1.165, 1.54) is 18.2 Å². The van der Waals surface area contributed by atoms with Crippen molar-refractivity contribution in [1.29, 1.82) is 0 Å². The van der Waals surface area contributed by atoms with Crippen LogP contribution in [0.2, 0.25) is 5.02 Å². The summed E-state index contributed by atoms with van der Waals surface area (Å²) in [7, 11) is 0. The molecule has 0 spiro atoms. The van der Waals surface area contributed by atoms with Gasteiger partial charge in [0, 0.05) is 0 Å². The summed E-state index contributed by atoms with van der Waals surface area (Å²) in [6.45, 7) is 1.62. The lowest BCUT2D eigenvalue weighted by Gasteiger charge is -2.16. The average molecular weight is 346 g/mol. The van der Waals surface area contributed by atoms with Crippen molar-refractivity contribution in [2.24, 2.45) is 0 Å². The Hall–Kier alpha value is -2.08. The van der Waals surface area contributed by atoms with E-state index in [1.807, 2.05) is 0 Å². The zero-order valence-electron chi connectivity index (χ0n) is 11.9. The molecule has 1 amide bonds. The van der Waals surface area contributed by atoms with Gasteiger partial charge in [-0.15, -0.1) is 0 Å². The van der Waals surface area contributed by atoms with Gasteiger partial charge in [0.1, 0.15) is 5.82 Å². The highest BCUT2D eigenvalue weighted by Crippen LogP contribution is 2.30. The molecule has 2 aromatic carbocycles. The van der Waals surface area contributed by atoms with Crippen LogP contribution < -0.4 is 5.32 Å². The van der Waals surface area contributed by atoms with Crippen molar-refractivity contribution in [3.05, 3.63) is 70.0 Å². The topological polar surface area (TPSA) is 29.1 Å². The monoisotopic (exact) mass is 345 g/mol. The second kappa shape index (κ2) is 6.58. The number of amides is 1. The average Bonchev–Trinajstić information content (AvgIpc) is 2.46. The van der Waals surface area contributed by atoms with Gasteiger partial charge >= 0.3 is 6.18 Å². The number of hydrogen-bond donors (Lipinski definition) is 1. The Morgan fingerprint density at radius 2 is 1.74 bits per heavy atom. The van der Waals surface area contributed by atoms with Gasteiger partial charge < -0.3 is 5.32 Å². The van der Waals surface area contributed by atoms with Gasteiger partial charge in [0.15, 0.2) is 0 Å². The van der Waals surface area contributed by atoms with E-state index >= 15 is 0 Å². The molecule has 1 N–H and O–H groups in total. The first-order valence-electron chi connectivity index (χ1n) is 6.61. The Morgan fingerprint density at radius 1 is 1.13 bits per heavy atom. The fraction of sp³-hybridized carbons (Fsp3) is 0.188. The molecular formula is C16H12ClF4NO. The number of hydrogen-bond acceptors (Lipinski definition) is 1. The van der Waals surface area contributed by atoms with Crippen LogP contribution in [0.4, 0.5) is 17.6 Å². The molecule has 0 radical (unpaired) electrons. The van der Waals surface area contributed by atoms with Crippen molar-refractivity contribution in [2.45, 2.75) is 19.1 Å². The van der Waals surface area contributed by atoms with E-state index in [-0.39, 0.29) is 10.6 Å². The van der Waals surface area contributed by atoms with Crippen molar-refractivity contribution in [1.82, 2.24) is 5.32 Å². The predicted octanol–water partition coefficient (Wildman–Crippen LogP) is 4.99. The van der Waals surface area contributed by atoms with Crippen LogP contribution in [0, 0.1) is 5.82 Å². The second-order valence-electron chi connectivity index (χ2n) is 4.94. The SMILES string of the molecule is CC(NC(=O)c1ccc(F)cc1Cl)c1ccc(C(F)(F)F)cc1. The standard InChI is InChI=1S/C16H12ClF4NO/c1-9(10-2-4-11(5-3-10)16(19,20)21)22-15(23)13-7-6-12(18)8-14(13)17/h2-9H,1H3,(H,22,23). The van der Waals surface area contributed by atoms with E-state index in [0.717, 1.165) is 24.3 Å². The maximum atomic E-state index is 13.0. The molecular weight excluding hydrogens is 334 g/mol. The molecule has 1 unspecified atom stereocenters. The van der Waals surface area contributed by atoms with Crippen molar-refractivity contribution in [3.63, 3.8) is 0 Å². The maximum Gasteiger partial charge on any atom is 0.416 e. The third-order valence-electron chi connectivity index (χ3n) is 3.26. The number of rotatable bonds is 3. The Labute approximate surface area is 135 Å². The summed E-state index contributed by atoms with van der Waals surface area (Å²) in [5.74, 6) is -1.11.